The molecule has 0 aliphatic rings. The highest BCUT2D eigenvalue weighted by Gasteiger charge is 2.38. The van der Waals surface area contributed by atoms with E-state index in [1.54, 1.807) is 0 Å². The molecule has 0 spiro atoms. The summed E-state index contributed by atoms with van der Waals surface area (Å²) >= 11 is 0. The third-order valence-corrected chi connectivity index (χ3v) is 4.65. The van der Waals surface area contributed by atoms with Gasteiger partial charge in [-0.3, -0.25) is 0 Å². The summed E-state index contributed by atoms with van der Waals surface area (Å²) in [6.07, 6.45) is -2.57. The Hall–Kier alpha value is -3.05. The van der Waals surface area contributed by atoms with E-state index < -0.39 is 43.8 Å². The lowest BCUT2D eigenvalue weighted by atomic mass is 10.0. The molecule has 142 valence electrons. The lowest BCUT2D eigenvalue weighted by Crippen LogP contribution is -2.20. The zero-order chi connectivity index (χ0) is 20.0. The number of sulfonamides is 1. The number of hydrogen-bond donors (Lipinski definition) is 3. The number of nitrogens with two attached hydrogens (primary N) is 1. The maximum Gasteiger partial charge on any atom is 0.418 e. The lowest BCUT2D eigenvalue weighted by Gasteiger charge is -2.18. The minimum absolute atomic E-state index is 0.0488. The number of primary sulfonamides is 1. The second-order valence-corrected chi connectivity index (χ2v) is 7.10. The summed E-state index contributed by atoms with van der Waals surface area (Å²) in [6.45, 7) is 0. The molecular weight excluding hydrogens is 387 g/mol. The smallest absolute Gasteiger partial charge is 0.418 e. The van der Waals surface area contributed by atoms with Crippen molar-refractivity contribution in [1.29, 1.82) is 0 Å². The van der Waals surface area contributed by atoms with Gasteiger partial charge in [-0.25, -0.2) is 18.2 Å². The molecule has 0 aliphatic carbocycles. The SMILES string of the molecule is NS(=O)(=O)c1cc(-c2ccc(O)c(O)c2)cc(C(F)(F)F)c1-n1cccn1. The lowest BCUT2D eigenvalue weighted by molar-refractivity contribution is -0.137. The first-order valence-electron chi connectivity index (χ1n) is 7.29. The Labute approximate surface area is 151 Å². The van der Waals surface area contributed by atoms with Crippen molar-refractivity contribution in [3.8, 4) is 28.3 Å². The molecule has 27 heavy (non-hydrogen) atoms. The van der Waals surface area contributed by atoms with Gasteiger partial charge in [0.05, 0.1) is 11.3 Å². The van der Waals surface area contributed by atoms with Crippen LogP contribution in [0.4, 0.5) is 13.2 Å². The largest absolute Gasteiger partial charge is 0.504 e. The second kappa shape index (κ2) is 6.28. The fourth-order valence-electron chi connectivity index (χ4n) is 2.55. The molecule has 1 aromatic heterocycles. The van der Waals surface area contributed by atoms with Gasteiger partial charge >= 0.3 is 6.18 Å². The third-order valence-electron chi connectivity index (χ3n) is 3.73. The molecule has 0 fully saturated rings. The minimum Gasteiger partial charge on any atom is -0.504 e. The average Bonchev–Trinajstić information content (AvgIpc) is 3.09. The Bertz CT molecular complexity index is 1110. The van der Waals surface area contributed by atoms with Crippen LogP contribution in [0.1, 0.15) is 5.56 Å². The van der Waals surface area contributed by atoms with Crippen LogP contribution in [-0.2, 0) is 16.2 Å². The highest BCUT2D eigenvalue weighted by Crippen LogP contribution is 2.40. The van der Waals surface area contributed by atoms with E-state index in [4.69, 9.17) is 5.14 Å². The van der Waals surface area contributed by atoms with Crippen molar-refractivity contribution in [2.45, 2.75) is 11.1 Å². The number of halogens is 3. The number of phenols is 2. The van der Waals surface area contributed by atoms with Gasteiger partial charge in [0, 0.05) is 12.4 Å². The van der Waals surface area contributed by atoms with Crippen molar-refractivity contribution in [3.63, 3.8) is 0 Å². The van der Waals surface area contributed by atoms with E-state index in [1.165, 1.54) is 18.3 Å². The van der Waals surface area contributed by atoms with Crippen molar-refractivity contribution in [3.05, 3.63) is 54.4 Å². The summed E-state index contributed by atoms with van der Waals surface area (Å²) in [7, 11) is -4.56. The molecule has 0 saturated carbocycles. The molecule has 0 atom stereocenters. The van der Waals surface area contributed by atoms with Gasteiger partial charge < -0.3 is 10.2 Å². The van der Waals surface area contributed by atoms with Crippen LogP contribution in [0.2, 0.25) is 0 Å². The molecule has 4 N–H and O–H groups in total. The zero-order valence-electron chi connectivity index (χ0n) is 13.3. The summed E-state index contributed by atoms with van der Waals surface area (Å²) < 4.78 is 65.8. The second-order valence-electron chi connectivity index (χ2n) is 5.57. The minimum atomic E-state index is -4.92. The number of hydrogen-bond acceptors (Lipinski definition) is 5. The van der Waals surface area contributed by atoms with Gasteiger partial charge in [0.2, 0.25) is 10.0 Å². The molecule has 0 radical (unpaired) electrons. The molecule has 0 saturated heterocycles. The third kappa shape index (κ3) is 3.59. The van der Waals surface area contributed by atoms with Crippen LogP contribution in [0.25, 0.3) is 16.8 Å². The molecule has 0 amide bonds. The van der Waals surface area contributed by atoms with E-state index in [2.05, 4.69) is 5.10 Å². The molecule has 11 heteroatoms. The van der Waals surface area contributed by atoms with E-state index in [9.17, 15) is 31.8 Å². The summed E-state index contributed by atoms with van der Waals surface area (Å²) in [6, 6.07) is 6.30. The maximum atomic E-state index is 13.7. The van der Waals surface area contributed by atoms with Crippen LogP contribution >= 0.6 is 0 Å². The quantitative estimate of drug-likeness (QED) is 0.585. The van der Waals surface area contributed by atoms with E-state index in [1.807, 2.05) is 0 Å². The molecule has 1 heterocycles. The first kappa shape index (κ1) is 18.7. The van der Waals surface area contributed by atoms with Gasteiger partial charge in [-0.1, -0.05) is 6.07 Å². The molecule has 2 aromatic carbocycles. The van der Waals surface area contributed by atoms with Crippen molar-refractivity contribution < 1.29 is 31.8 Å². The molecule has 0 aliphatic heterocycles. The standard InChI is InChI=1S/C16H12F3N3O4S/c17-16(18,19)11-6-10(9-2-3-12(23)13(24)7-9)8-14(27(20,25)26)15(11)22-5-1-4-21-22/h1-8,23-24H,(H2,20,25,26). The Morgan fingerprint density at radius 2 is 1.74 bits per heavy atom. The summed E-state index contributed by atoms with van der Waals surface area (Å²) in [5.74, 6) is -1.05. The monoisotopic (exact) mass is 399 g/mol. The van der Waals surface area contributed by atoms with Gasteiger partial charge in [0.1, 0.15) is 4.90 Å². The number of aromatic nitrogens is 2. The van der Waals surface area contributed by atoms with Gasteiger partial charge in [-0.05, 0) is 41.5 Å². The molecular formula is C16H12F3N3O4S. The predicted octanol–water partition coefficient (Wildman–Crippen LogP) is 2.62. The Kier molecular flexibility index (Phi) is 4.36. The fraction of sp³-hybridized carbons (Fsp3) is 0.0625. The molecule has 7 nitrogen and oxygen atoms in total. The Morgan fingerprint density at radius 3 is 2.26 bits per heavy atom. The number of benzene rings is 2. The molecule has 0 bridgehead atoms. The average molecular weight is 399 g/mol. The van der Waals surface area contributed by atoms with E-state index in [0.717, 1.165) is 35.1 Å². The number of aromatic hydroxyl groups is 2. The van der Waals surface area contributed by atoms with Crippen LogP contribution in [0, 0.1) is 0 Å². The topological polar surface area (TPSA) is 118 Å². The van der Waals surface area contributed by atoms with Crippen molar-refractivity contribution in [2.24, 2.45) is 5.14 Å². The van der Waals surface area contributed by atoms with Crippen LogP contribution < -0.4 is 5.14 Å². The molecule has 3 rings (SSSR count). The van der Waals surface area contributed by atoms with Crippen LogP contribution in [0.3, 0.4) is 0 Å². The summed E-state index contributed by atoms with van der Waals surface area (Å²) in [5.41, 5.74) is -2.13. The van der Waals surface area contributed by atoms with Crippen LogP contribution in [0.15, 0.2) is 53.7 Å². The molecule has 0 unspecified atom stereocenters. The van der Waals surface area contributed by atoms with E-state index in [0.29, 0.717) is 0 Å². The van der Waals surface area contributed by atoms with Crippen molar-refractivity contribution in [1.82, 2.24) is 9.78 Å². The maximum absolute atomic E-state index is 13.7. The zero-order valence-corrected chi connectivity index (χ0v) is 14.2. The van der Waals surface area contributed by atoms with Gasteiger partial charge in [0.25, 0.3) is 0 Å². The summed E-state index contributed by atoms with van der Waals surface area (Å²) in [4.78, 5) is -0.788. The van der Waals surface area contributed by atoms with Crippen LogP contribution in [0.5, 0.6) is 11.5 Å². The highest BCUT2D eigenvalue weighted by atomic mass is 32.2. The van der Waals surface area contributed by atoms with E-state index >= 15 is 0 Å². The van der Waals surface area contributed by atoms with E-state index in [-0.39, 0.29) is 11.1 Å². The number of alkyl halides is 3. The number of phenolic OH excluding ortho intramolecular Hbond substituents is 2. The molecule has 3 aromatic rings. The Morgan fingerprint density at radius 1 is 1.04 bits per heavy atom. The van der Waals surface area contributed by atoms with Crippen LogP contribution in [-0.4, -0.2) is 28.4 Å². The fourth-order valence-corrected chi connectivity index (χ4v) is 3.31. The Balaban J connectivity index is 2.41. The van der Waals surface area contributed by atoms with Gasteiger partial charge in [-0.2, -0.15) is 18.3 Å². The highest BCUT2D eigenvalue weighted by molar-refractivity contribution is 7.89. The first-order valence-corrected chi connectivity index (χ1v) is 8.83. The first-order chi connectivity index (χ1) is 12.5. The normalized spacial score (nSPS) is 12.3. The number of nitrogens with zero attached hydrogens (tertiary/aromatic N) is 2. The van der Waals surface area contributed by atoms with Gasteiger partial charge in [0.15, 0.2) is 11.5 Å². The van der Waals surface area contributed by atoms with Crippen molar-refractivity contribution in [2.75, 3.05) is 0 Å². The predicted molar refractivity (Wildman–Crippen MR) is 88.7 cm³/mol. The number of rotatable bonds is 3. The van der Waals surface area contributed by atoms with Crippen molar-refractivity contribution >= 4 is 10.0 Å². The summed E-state index contributed by atoms with van der Waals surface area (Å²) in [5, 5.41) is 27.8. The van der Waals surface area contributed by atoms with Gasteiger partial charge in [-0.15, -0.1) is 0 Å².